The highest BCUT2D eigenvalue weighted by molar-refractivity contribution is 7.98. The van der Waals surface area contributed by atoms with Gasteiger partial charge in [-0.15, -0.1) is 16.8 Å². The summed E-state index contributed by atoms with van der Waals surface area (Å²) in [6.45, 7) is 8.41. The number of aromatic nitrogens is 5. The molecule has 0 aliphatic carbocycles. The second kappa shape index (κ2) is 8.93. The van der Waals surface area contributed by atoms with E-state index in [-0.39, 0.29) is 6.10 Å². The van der Waals surface area contributed by atoms with E-state index in [1.54, 1.807) is 11.8 Å². The fourth-order valence-electron chi connectivity index (χ4n) is 3.19. The van der Waals surface area contributed by atoms with Gasteiger partial charge in [0.25, 0.3) is 0 Å². The lowest BCUT2D eigenvalue weighted by Crippen LogP contribution is -2.12. The van der Waals surface area contributed by atoms with Crippen LogP contribution >= 0.6 is 23.4 Å². The Morgan fingerprint density at radius 2 is 2.13 bits per heavy atom. The van der Waals surface area contributed by atoms with E-state index in [0.29, 0.717) is 17.3 Å². The average Bonchev–Trinajstić information content (AvgIpc) is 3.32. The van der Waals surface area contributed by atoms with Crippen LogP contribution in [0.3, 0.4) is 0 Å². The van der Waals surface area contributed by atoms with Crippen molar-refractivity contribution >= 4 is 29.0 Å². The molecule has 4 aromatic rings. The fraction of sp³-hybridized carbons (Fsp3) is 0.227. The number of thioether (sulfide) groups is 1. The van der Waals surface area contributed by atoms with E-state index in [1.807, 2.05) is 77.7 Å². The first-order valence-electron chi connectivity index (χ1n) is 9.57. The van der Waals surface area contributed by atoms with Gasteiger partial charge in [0.2, 0.25) is 0 Å². The van der Waals surface area contributed by atoms with Gasteiger partial charge < -0.3 is 9.14 Å². The SMILES string of the molecule is C=CCn1c(SCc2cn3ccccc3n2)nnc1C(C)Oc1ccc(Cl)cc1C. The Balaban J connectivity index is 1.52. The Morgan fingerprint density at radius 1 is 1.27 bits per heavy atom. The van der Waals surface area contributed by atoms with Gasteiger partial charge in [-0.05, 0) is 49.7 Å². The maximum Gasteiger partial charge on any atom is 0.192 e. The number of aryl methyl sites for hydroxylation is 1. The molecule has 3 heterocycles. The number of halogens is 1. The van der Waals surface area contributed by atoms with E-state index in [0.717, 1.165) is 33.6 Å². The third kappa shape index (κ3) is 4.37. The van der Waals surface area contributed by atoms with Crippen LogP contribution < -0.4 is 4.74 Å². The molecule has 0 spiro atoms. The summed E-state index contributed by atoms with van der Waals surface area (Å²) in [5, 5.41) is 10.3. The first-order valence-corrected chi connectivity index (χ1v) is 10.9. The van der Waals surface area contributed by atoms with Gasteiger partial charge in [-0.3, -0.25) is 4.57 Å². The number of pyridine rings is 1. The molecule has 30 heavy (non-hydrogen) atoms. The second-order valence-electron chi connectivity index (χ2n) is 6.90. The normalized spacial score (nSPS) is 12.2. The number of hydrogen-bond acceptors (Lipinski definition) is 5. The molecule has 1 atom stereocenters. The molecule has 0 saturated heterocycles. The van der Waals surface area contributed by atoms with Crippen LogP contribution in [0.4, 0.5) is 0 Å². The number of imidazole rings is 1. The largest absolute Gasteiger partial charge is 0.482 e. The molecule has 0 aliphatic rings. The summed E-state index contributed by atoms with van der Waals surface area (Å²) in [5.74, 6) is 2.23. The molecule has 0 bridgehead atoms. The number of fused-ring (bicyclic) bond motifs is 1. The van der Waals surface area contributed by atoms with Crippen molar-refractivity contribution in [2.45, 2.75) is 37.4 Å². The number of nitrogens with zero attached hydrogens (tertiary/aromatic N) is 5. The van der Waals surface area contributed by atoms with Crippen molar-refractivity contribution in [3.8, 4) is 5.75 Å². The smallest absolute Gasteiger partial charge is 0.192 e. The summed E-state index contributed by atoms with van der Waals surface area (Å²) in [4.78, 5) is 4.65. The molecule has 154 valence electrons. The number of ether oxygens (including phenoxy) is 1. The predicted octanol–water partition coefficient (Wildman–Crippen LogP) is 5.51. The topological polar surface area (TPSA) is 57.2 Å². The molecule has 0 fully saturated rings. The summed E-state index contributed by atoms with van der Waals surface area (Å²) in [6.07, 6.45) is 5.59. The minimum atomic E-state index is -0.276. The molecule has 0 saturated carbocycles. The standard InChI is InChI=1S/C22H22ClN5OS/c1-4-10-28-21(16(3)29-19-9-8-17(23)12-15(19)2)25-26-22(28)30-14-18-13-27-11-6-5-7-20(27)24-18/h4-9,11-13,16H,1,10,14H2,2-3H3. The van der Waals surface area contributed by atoms with Crippen molar-refractivity contribution < 1.29 is 4.74 Å². The average molecular weight is 440 g/mol. The number of hydrogen-bond donors (Lipinski definition) is 0. The fourth-order valence-corrected chi connectivity index (χ4v) is 4.26. The molecule has 3 aromatic heterocycles. The molecule has 0 radical (unpaired) electrons. The lowest BCUT2D eigenvalue weighted by atomic mass is 10.2. The maximum absolute atomic E-state index is 6.15. The van der Waals surface area contributed by atoms with Crippen molar-refractivity contribution in [1.29, 1.82) is 0 Å². The van der Waals surface area contributed by atoms with Gasteiger partial charge in [0.15, 0.2) is 17.1 Å². The third-order valence-corrected chi connectivity index (χ3v) is 5.86. The summed E-state index contributed by atoms with van der Waals surface area (Å²) >= 11 is 7.65. The number of benzene rings is 1. The van der Waals surface area contributed by atoms with Crippen LogP contribution in [0.2, 0.25) is 5.02 Å². The molecule has 0 aliphatic heterocycles. The minimum Gasteiger partial charge on any atom is -0.482 e. The van der Waals surface area contributed by atoms with E-state index in [1.165, 1.54) is 0 Å². The summed E-state index contributed by atoms with van der Waals surface area (Å²) in [7, 11) is 0. The van der Waals surface area contributed by atoms with Crippen molar-refractivity contribution in [2.24, 2.45) is 0 Å². The monoisotopic (exact) mass is 439 g/mol. The van der Waals surface area contributed by atoms with Gasteiger partial charge in [-0.2, -0.15) is 0 Å². The first kappa shape index (κ1) is 20.5. The summed E-state index contributed by atoms with van der Waals surface area (Å²) < 4.78 is 10.2. The zero-order valence-electron chi connectivity index (χ0n) is 16.8. The van der Waals surface area contributed by atoms with Crippen LogP contribution in [-0.4, -0.2) is 24.1 Å². The molecule has 4 rings (SSSR count). The number of rotatable bonds is 8. The second-order valence-corrected chi connectivity index (χ2v) is 8.28. The van der Waals surface area contributed by atoms with Crippen LogP contribution in [0.5, 0.6) is 5.75 Å². The van der Waals surface area contributed by atoms with Crippen molar-refractivity contribution in [1.82, 2.24) is 24.1 Å². The van der Waals surface area contributed by atoms with E-state index < -0.39 is 0 Å². The molecule has 0 amide bonds. The van der Waals surface area contributed by atoms with Gasteiger partial charge in [-0.1, -0.05) is 35.5 Å². The van der Waals surface area contributed by atoms with Crippen LogP contribution in [-0.2, 0) is 12.3 Å². The maximum atomic E-state index is 6.15. The minimum absolute atomic E-state index is 0.276. The molecule has 0 N–H and O–H groups in total. The van der Waals surface area contributed by atoms with Gasteiger partial charge in [0.1, 0.15) is 11.4 Å². The van der Waals surface area contributed by atoms with Gasteiger partial charge in [0.05, 0.1) is 5.69 Å². The van der Waals surface area contributed by atoms with Gasteiger partial charge in [0, 0.05) is 29.7 Å². The quantitative estimate of drug-likeness (QED) is 0.268. The molecule has 1 aromatic carbocycles. The molecule has 1 unspecified atom stereocenters. The van der Waals surface area contributed by atoms with Crippen LogP contribution in [0, 0.1) is 6.92 Å². The van der Waals surface area contributed by atoms with Gasteiger partial charge >= 0.3 is 0 Å². The lowest BCUT2D eigenvalue weighted by Gasteiger charge is -2.17. The zero-order valence-corrected chi connectivity index (χ0v) is 18.4. The molecular formula is C22H22ClN5OS. The molecule has 8 heteroatoms. The highest BCUT2D eigenvalue weighted by Crippen LogP contribution is 2.29. The van der Waals surface area contributed by atoms with E-state index in [9.17, 15) is 0 Å². The van der Waals surface area contributed by atoms with Crippen LogP contribution in [0.1, 0.15) is 30.1 Å². The highest BCUT2D eigenvalue weighted by atomic mass is 35.5. The summed E-state index contributed by atoms with van der Waals surface area (Å²) in [5.41, 5.74) is 2.90. The Kier molecular flexibility index (Phi) is 6.11. The molecule has 6 nitrogen and oxygen atoms in total. The predicted molar refractivity (Wildman–Crippen MR) is 120 cm³/mol. The van der Waals surface area contributed by atoms with Crippen molar-refractivity contribution in [3.63, 3.8) is 0 Å². The Bertz CT molecular complexity index is 1150. The first-order chi connectivity index (χ1) is 14.5. The van der Waals surface area contributed by atoms with Crippen molar-refractivity contribution in [2.75, 3.05) is 0 Å². The third-order valence-electron chi connectivity index (χ3n) is 4.62. The Hall–Kier alpha value is -2.77. The van der Waals surface area contributed by atoms with E-state index in [2.05, 4.69) is 21.8 Å². The molecular weight excluding hydrogens is 418 g/mol. The Labute approximate surface area is 184 Å². The summed E-state index contributed by atoms with van der Waals surface area (Å²) in [6, 6.07) is 11.5. The van der Waals surface area contributed by atoms with Crippen LogP contribution in [0.15, 0.2) is 66.6 Å². The van der Waals surface area contributed by atoms with Crippen molar-refractivity contribution in [3.05, 3.63) is 83.6 Å². The lowest BCUT2D eigenvalue weighted by molar-refractivity contribution is 0.209. The number of allylic oxidation sites excluding steroid dienone is 1. The van der Waals surface area contributed by atoms with E-state index in [4.69, 9.17) is 16.3 Å². The van der Waals surface area contributed by atoms with E-state index >= 15 is 0 Å². The Morgan fingerprint density at radius 3 is 2.90 bits per heavy atom. The van der Waals surface area contributed by atoms with Gasteiger partial charge in [-0.25, -0.2) is 4.98 Å². The van der Waals surface area contributed by atoms with Crippen LogP contribution in [0.25, 0.3) is 5.65 Å². The highest BCUT2D eigenvalue weighted by Gasteiger charge is 2.20. The zero-order chi connectivity index (χ0) is 21.1.